The number of hydrogen-bond donors (Lipinski definition) is 3. The van der Waals surface area contributed by atoms with E-state index in [0.717, 1.165) is 5.56 Å². The molecule has 1 aromatic heterocycles. The third-order valence-corrected chi connectivity index (χ3v) is 2.25. The first-order chi connectivity index (χ1) is 8.29. The summed E-state index contributed by atoms with van der Waals surface area (Å²) in [4.78, 5) is 0. The molecule has 1 heterocycles. The first-order valence-electron chi connectivity index (χ1n) is 5.08. The predicted octanol–water partition coefficient (Wildman–Crippen LogP) is 0.204. The smallest absolute Gasteiger partial charge is 0.188 e. The summed E-state index contributed by atoms with van der Waals surface area (Å²) in [6.07, 6.45) is 0. The van der Waals surface area contributed by atoms with Crippen LogP contribution in [0.15, 0.2) is 18.2 Å². The summed E-state index contributed by atoms with van der Waals surface area (Å²) in [7, 11) is 1.52. The van der Waals surface area contributed by atoms with Gasteiger partial charge < -0.3 is 15.2 Å². The highest BCUT2D eigenvalue weighted by atomic mass is 16.5. The van der Waals surface area contributed by atoms with Crippen LogP contribution >= 0.6 is 0 Å². The molecule has 0 aliphatic rings. The number of benzene rings is 1. The number of nitrogens with zero attached hydrogens (tertiary/aromatic N) is 3. The van der Waals surface area contributed by atoms with Gasteiger partial charge in [-0.15, -0.1) is 10.2 Å². The molecule has 0 saturated carbocycles. The standard InChI is InChI=1S/C10H13N5O2/c1-17-9-4-7(2-3-8(9)16)5-11-6-10-12-14-15-13-10/h2-4,11,16H,5-6H2,1H3,(H,12,13,14,15). The van der Waals surface area contributed by atoms with E-state index in [9.17, 15) is 5.11 Å². The number of aromatic hydroxyl groups is 1. The van der Waals surface area contributed by atoms with E-state index < -0.39 is 0 Å². The largest absolute Gasteiger partial charge is 0.504 e. The van der Waals surface area contributed by atoms with Gasteiger partial charge in [0.1, 0.15) is 0 Å². The van der Waals surface area contributed by atoms with Crippen LogP contribution in [-0.4, -0.2) is 32.8 Å². The van der Waals surface area contributed by atoms with Crippen LogP contribution in [0.5, 0.6) is 11.5 Å². The number of hydrogen-bond acceptors (Lipinski definition) is 6. The maximum Gasteiger partial charge on any atom is 0.188 e. The number of phenolic OH excluding ortho intramolecular Hbond substituents is 1. The minimum absolute atomic E-state index is 0.134. The van der Waals surface area contributed by atoms with Crippen molar-refractivity contribution < 1.29 is 9.84 Å². The molecule has 0 bridgehead atoms. The minimum atomic E-state index is 0.134. The molecule has 90 valence electrons. The van der Waals surface area contributed by atoms with Crippen molar-refractivity contribution in [1.29, 1.82) is 0 Å². The molecule has 2 rings (SSSR count). The summed E-state index contributed by atoms with van der Waals surface area (Å²) >= 11 is 0. The van der Waals surface area contributed by atoms with Gasteiger partial charge in [0.25, 0.3) is 0 Å². The molecule has 0 saturated heterocycles. The van der Waals surface area contributed by atoms with Crippen molar-refractivity contribution in [2.24, 2.45) is 0 Å². The first kappa shape index (κ1) is 11.3. The minimum Gasteiger partial charge on any atom is -0.504 e. The first-order valence-corrected chi connectivity index (χ1v) is 5.08. The third-order valence-electron chi connectivity index (χ3n) is 2.25. The molecule has 0 radical (unpaired) electrons. The van der Waals surface area contributed by atoms with Gasteiger partial charge in [0.15, 0.2) is 17.3 Å². The van der Waals surface area contributed by atoms with Gasteiger partial charge in [-0.25, -0.2) is 0 Å². The van der Waals surface area contributed by atoms with Gasteiger partial charge >= 0.3 is 0 Å². The molecule has 3 N–H and O–H groups in total. The van der Waals surface area contributed by atoms with Gasteiger partial charge in [-0.1, -0.05) is 11.3 Å². The average Bonchev–Trinajstić information content (AvgIpc) is 2.84. The van der Waals surface area contributed by atoms with Crippen LogP contribution in [0.25, 0.3) is 0 Å². The van der Waals surface area contributed by atoms with Crippen LogP contribution < -0.4 is 10.1 Å². The number of methoxy groups -OCH3 is 1. The zero-order valence-corrected chi connectivity index (χ0v) is 9.34. The molecule has 7 nitrogen and oxygen atoms in total. The molecular weight excluding hydrogens is 222 g/mol. The van der Waals surface area contributed by atoms with Crippen LogP contribution in [0.4, 0.5) is 0 Å². The highest BCUT2D eigenvalue weighted by Crippen LogP contribution is 2.26. The molecule has 0 atom stereocenters. The lowest BCUT2D eigenvalue weighted by Crippen LogP contribution is -2.13. The van der Waals surface area contributed by atoms with Gasteiger partial charge in [-0.3, -0.25) is 0 Å². The fraction of sp³-hybridized carbons (Fsp3) is 0.300. The van der Waals surface area contributed by atoms with Gasteiger partial charge in [-0.05, 0) is 17.7 Å². The van der Waals surface area contributed by atoms with Crippen molar-refractivity contribution in [2.75, 3.05) is 7.11 Å². The summed E-state index contributed by atoms with van der Waals surface area (Å²) in [5.41, 5.74) is 1.00. The van der Waals surface area contributed by atoms with Gasteiger partial charge in [-0.2, -0.15) is 5.21 Å². The Balaban J connectivity index is 1.90. The molecule has 7 heteroatoms. The lowest BCUT2D eigenvalue weighted by molar-refractivity contribution is 0.372. The summed E-state index contributed by atoms with van der Waals surface area (Å²) < 4.78 is 5.02. The Kier molecular flexibility index (Phi) is 3.51. The van der Waals surface area contributed by atoms with E-state index >= 15 is 0 Å². The Hall–Kier alpha value is -2.15. The number of aromatic nitrogens is 4. The van der Waals surface area contributed by atoms with Gasteiger partial charge in [0.2, 0.25) is 0 Å². The summed E-state index contributed by atoms with van der Waals surface area (Å²) in [6.45, 7) is 1.16. The lowest BCUT2D eigenvalue weighted by Gasteiger charge is -2.06. The van der Waals surface area contributed by atoms with E-state index in [1.54, 1.807) is 12.1 Å². The number of H-pyrrole nitrogens is 1. The van der Waals surface area contributed by atoms with E-state index in [-0.39, 0.29) is 5.75 Å². The Morgan fingerprint density at radius 2 is 2.29 bits per heavy atom. The van der Waals surface area contributed by atoms with Crippen LogP contribution in [0.3, 0.4) is 0 Å². The van der Waals surface area contributed by atoms with Crippen molar-refractivity contribution in [3.8, 4) is 11.5 Å². The number of aromatic amines is 1. The van der Waals surface area contributed by atoms with Gasteiger partial charge in [0.05, 0.1) is 13.7 Å². The fourth-order valence-electron chi connectivity index (χ4n) is 1.41. The van der Waals surface area contributed by atoms with E-state index in [0.29, 0.717) is 24.7 Å². The molecule has 1 aromatic carbocycles. The molecule has 0 aliphatic heterocycles. The van der Waals surface area contributed by atoms with Crippen LogP contribution in [0.1, 0.15) is 11.4 Å². The van der Waals surface area contributed by atoms with Crippen molar-refractivity contribution in [3.05, 3.63) is 29.6 Å². The summed E-state index contributed by atoms with van der Waals surface area (Å²) in [5, 5.41) is 26.1. The normalized spacial score (nSPS) is 10.4. The maximum atomic E-state index is 9.43. The monoisotopic (exact) mass is 235 g/mol. The lowest BCUT2D eigenvalue weighted by atomic mass is 10.2. The molecule has 0 aliphatic carbocycles. The van der Waals surface area contributed by atoms with E-state index in [2.05, 4.69) is 25.9 Å². The molecule has 0 amide bonds. The zero-order valence-electron chi connectivity index (χ0n) is 9.34. The average molecular weight is 235 g/mol. The van der Waals surface area contributed by atoms with Crippen LogP contribution in [-0.2, 0) is 13.1 Å². The molecule has 0 fully saturated rings. The number of phenols is 1. The fourth-order valence-corrected chi connectivity index (χ4v) is 1.41. The van der Waals surface area contributed by atoms with E-state index in [1.165, 1.54) is 7.11 Å². The van der Waals surface area contributed by atoms with Crippen molar-refractivity contribution >= 4 is 0 Å². The quantitative estimate of drug-likeness (QED) is 0.685. The van der Waals surface area contributed by atoms with Crippen molar-refractivity contribution in [2.45, 2.75) is 13.1 Å². The number of ether oxygens (including phenoxy) is 1. The Labute approximate surface area is 97.8 Å². The molecule has 0 unspecified atom stereocenters. The Morgan fingerprint density at radius 3 is 3.00 bits per heavy atom. The number of rotatable bonds is 5. The molecule has 2 aromatic rings. The van der Waals surface area contributed by atoms with Crippen LogP contribution in [0, 0.1) is 0 Å². The molecule has 17 heavy (non-hydrogen) atoms. The van der Waals surface area contributed by atoms with E-state index in [1.807, 2.05) is 6.07 Å². The van der Waals surface area contributed by atoms with Crippen molar-refractivity contribution in [1.82, 2.24) is 25.9 Å². The maximum absolute atomic E-state index is 9.43. The highest BCUT2D eigenvalue weighted by Gasteiger charge is 2.03. The predicted molar refractivity (Wildman–Crippen MR) is 59.4 cm³/mol. The van der Waals surface area contributed by atoms with Gasteiger partial charge in [0, 0.05) is 6.54 Å². The molecule has 0 spiro atoms. The molecular formula is C10H13N5O2. The second-order valence-corrected chi connectivity index (χ2v) is 3.44. The SMILES string of the molecule is COc1cc(CNCc2nn[nH]n2)ccc1O. The number of tetrazole rings is 1. The van der Waals surface area contributed by atoms with Crippen molar-refractivity contribution in [3.63, 3.8) is 0 Å². The summed E-state index contributed by atoms with van der Waals surface area (Å²) in [6, 6.07) is 5.20. The topological polar surface area (TPSA) is 96.0 Å². The Bertz CT molecular complexity index is 472. The van der Waals surface area contributed by atoms with Crippen LogP contribution in [0.2, 0.25) is 0 Å². The summed E-state index contributed by atoms with van der Waals surface area (Å²) in [5.74, 6) is 1.20. The second kappa shape index (κ2) is 5.26. The Morgan fingerprint density at radius 1 is 1.41 bits per heavy atom. The third kappa shape index (κ3) is 2.91. The zero-order chi connectivity index (χ0) is 12.1. The van der Waals surface area contributed by atoms with E-state index in [4.69, 9.17) is 4.74 Å². The number of nitrogens with one attached hydrogen (secondary N) is 2. The highest BCUT2D eigenvalue weighted by molar-refractivity contribution is 5.41. The second-order valence-electron chi connectivity index (χ2n) is 3.44.